The van der Waals surface area contributed by atoms with E-state index in [-0.39, 0.29) is 24.1 Å². The Morgan fingerprint density at radius 1 is 0.867 bits per heavy atom. The van der Waals surface area contributed by atoms with Crippen molar-refractivity contribution in [3.05, 3.63) is 106 Å². The van der Waals surface area contributed by atoms with Gasteiger partial charge in [0.15, 0.2) is 0 Å². The van der Waals surface area contributed by atoms with Crippen molar-refractivity contribution in [3.63, 3.8) is 0 Å². The summed E-state index contributed by atoms with van der Waals surface area (Å²) in [4.78, 5) is 36.0. The Morgan fingerprint density at radius 3 is 2.31 bits per heavy atom. The van der Waals surface area contributed by atoms with Gasteiger partial charge in [0, 0.05) is 42.2 Å². The van der Waals surface area contributed by atoms with Crippen molar-refractivity contribution in [2.45, 2.75) is 44.1 Å². The summed E-state index contributed by atoms with van der Waals surface area (Å²) in [6.45, 7) is 2.30. The lowest BCUT2D eigenvalue weighted by Gasteiger charge is -2.37. The molecule has 4 aromatic rings. The van der Waals surface area contributed by atoms with Crippen molar-refractivity contribution < 1.29 is 14.3 Å². The molecule has 45 heavy (non-hydrogen) atoms. The normalized spacial score (nSPS) is 16.1. The fourth-order valence-corrected chi connectivity index (χ4v) is 6.44. The number of hydrogen-bond donors (Lipinski definition) is 0. The predicted octanol–water partition coefficient (Wildman–Crippen LogP) is 6.66. The molecule has 2 saturated heterocycles. The quantitative estimate of drug-likeness (QED) is 0.239. The Bertz CT molecular complexity index is 1830. The van der Waals surface area contributed by atoms with Gasteiger partial charge in [0.25, 0.3) is 11.8 Å². The topological polar surface area (TPSA) is 110 Å². The van der Waals surface area contributed by atoms with Crippen LogP contribution in [0.2, 0.25) is 5.02 Å². The number of likely N-dealkylation sites (tertiary alicyclic amines) is 2. The standard InChI is InChI=1S/C36H32ClN5O3/c37-28-10-9-25(26(19-28)22-38)23-45-29-11-12-32-30(20-29)31(34(43)41-15-5-2-6-16-41)21-33(40-32)35(44)42-17-13-36(24-39,14-18-42)27-7-3-1-4-8-27/h1,3-4,7-12,19-21H,2,5-6,13-18,23H2. The van der Waals surface area contributed by atoms with E-state index in [4.69, 9.17) is 21.3 Å². The number of benzene rings is 3. The molecule has 0 bridgehead atoms. The number of hydrogen-bond acceptors (Lipinski definition) is 6. The number of fused-ring (bicyclic) bond motifs is 1. The minimum absolute atomic E-state index is 0.135. The number of rotatable bonds is 6. The van der Waals surface area contributed by atoms with E-state index in [9.17, 15) is 20.1 Å². The highest BCUT2D eigenvalue weighted by molar-refractivity contribution is 6.30. The second-order valence-electron chi connectivity index (χ2n) is 11.6. The molecule has 0 radical (unpaired) electrons. The lowest BCUT2D eigenvalue weighted by molar-refractivity contribution is 0.0686. The highest BCUT2D eigenvalue weighted by Crippen LogP contribution is 2.35. The number of carbonyl (C=O) groups is 2. The summed E-state index contributed by atoms with van der Waals surface area (Å²) >= 11 is 6.04. The van der Waals surface area contributed by atoms with Crippen molar-refractivity contribution in [2.24, 2.45) is 0 Å². The van der Waals surface area contributed by atoms with Crippen molar-refractivity contribution in [3.8, 4) is 17.9 Å². The van der Waals surface area contributed by atoms with Gasteiger partial charge in [-0.1, -0.05) is 48.0 Å². The Labute approximate surface area is 267 Å². The summed E-state index contributed by atoms with van der Waals surface area (Å²) < 4.78 is 6.05. The molecule has 3 aromatic carbocycles. The number of halogens is 1. The van der Waals surface area contributed by atoms with E-state index in [0.717, 1.165) is 24.8 Å². The van der Waals surface area contributed by atoms with Gasteiger partial charge in [-0.25, -0.2) is 4.98 Å². The third kappa shape index (κ3) is 6.20. The molecule has 2 aliphatic rings. The van der Waals surface area contributed by atoms with Crippen LogP contribution in [0.3, 0.4) is 0 Å². The average molecular weight is 618 g/mol. The number of nitriles is 2. The van der Waals surface area contributed by atoms with E-state index in [1.807, 2.05) is 35.2 Å². The maximum atomic E-state index is 13.9. The maximum absolute atomic E-state index is 13.9. The second-order valence-corrected chi connectivity index (χ2v) is 12.1. The monoisotopic (exact) mass is 617 g/mol. The number of ether oxygens (including phenoxy) is 1. The first-order valence-corrected chi connectivity index (χ1v) is 15.6. The van der Waals surface area contributed by atoms with Crippen LogP contribution in [-0.4, -0.2) is 52.8 Å². The van der Waals surface area contributed by atoms with Gasteiger partial charge >= 0.3 is 0 Å². The Kier molecular flexibility index (Phi) is 8.69. The zero-order chi connectivity index (χ0) is 31.4. The lowest BCUT2D eigenvalue weighted by Crippen LogP contribution is -2.45. The maximum Gasteiger partial charge on any atom is 0.272 e. The Balaban J connectivity index is 1.29. The van der Waals surface area contributed by atoms with Gasteiger partial charge in [0.1, 0.15) is 18.1 Å². The summed E-state index contributed by atoms with van der Waals surface area (Å²) in [7, 11) is 0. The van der Waals surface area contributed by atoms with E-state index in [1.165, 1.54) is 0 Å². The molecule has 9 heteroatoms. The van der Waals surface area contributed by atoms with Crippen LogP contribution in [0.4, 0.5) is 0 Å². The Hall–Kier alpha value is -4.92. The van der Waals surface area contributed by atoms with E-state index < -0.39 is 5.41 Å². The van der Waals surface area contributed by atoms with Crippen molar-refractivity contribution in [2.75, 3.05) is 26.2 Å². The molecule has 2 fully saturated rings. The van der Waals surface area contributed by atoms with Crippen molar-refractivity contribution in [1.29, 1.82) is 10.5 Å². The highest BCUT2D eigenvalue weighted by atomic mass is 35.5. The van der Waals surface area contributed by atoms with Crippen molar-refractivity contribution in [1.82, 2.24) is 14.8 Å². The molecule has 0 atom stereocenters. The first-order valence-electron chi connectivity index (χ1n) is 15.2. The molecule has 0 aliphatic carbocycles. The minimum Gasteiger partial charge on any atom is -0.489 e. The first kappa shape index (κ1) is 30.1. The van der Waals surface area contributed by atoms with Gasteiger partial charge < -0.3 is 14.5 Å². The number of carbonyl (C=O) groups excluding carboxylic acids is 2. The molecule has 0 unspecified atom stereocenters. The SMILES string of the molecule is N#Cc1cc(Cl)ccc1COc1ccc2nc(C(=O)N3CCC(C#N)(c4ccccc4)CC3)cc(C(=O)N3CCCCC3)c2c1. The average Bonchev–Trinajstić information content (AvgIpc) is 3.10. The first-order chi connectivity index (χ1) is 21.9. The number of aromatic nitrogens is 1. The van der Waals surface area contributed by atoms with Crippen LogP contribution < -0.4 is 4.74 Å². The van der Waals surface area contributed by atoms with Crippen LogP contribution in [0.5, 0.6) is 5.75 Å². The number of pyridine rings is 1. The van der Waals surface area contributed by atoms with Gasteiger partial charge in [-0.05, 0) is 74.1 Å². The predicted molar refractivity (Wildman–Crippen MR) is 171 cm³/mol. The van der Waals surface area contributed by atoms with Crippen LogP contribution in [-0.2, 0) is 12.0 Å². The zero-order valence-corrected chi connectivity index (χ0v) is 25.6. The molecule has 2 amide bonds. The molecule has 0 N–H and O–H groups in total. The number of piperidine rings is 2. The number of amides is 2. The molecule has 6 rings (SSSR count). The minimum atomic E-state index is -0.638. The summed E-state index contributed by atoms with van der Waals surface area (Å²) in [6.07, 6.45) is 4.00. The number of nitrogens with zero attached hydrogens (tertiary/aromatic N) is 5. The van der Waals surface area contributed by atoms with Crippen LogP contribution in [0.1, 0.15) is 69.6 Å². The molecular weight excluding hydrogens is 586 g/mol. The van der Waals surface area contributed by atoms with E-state index in [0.29, 0.717) is 77.4 Å². The van der Waals surface area contributed by atoms with Gasteiger partial charge in [-0.3, -0.25) is 9.59 Å². The lowest BCUT2D eigenvalue weighted by atomic mass is 9.74. The van der Waals surface area contributed by atoms with Crippen LogP contribution >= 0.6 is 11.6 Å². The summed E-state index contributed by atoms with van der Waals surface area (Å²) in [6, 6.07) is 26.4. The van der Waals surface area contributed by atoms with Gasteiger partial charge in [0.05, 0.1) is 34.2 Å². The molecule has 2 aliphatic heterocycles. The molecule has 8 nitrogen and oxygen atoms in total. The van der Waals surface area contributed by atoms with Crippen molar-refractivity contribution >= 4 is 34.3 Å². The zero-order valence-electron chi connectivity index (χ0n) is 24.8. The van der Waals surface area contributed by atoms with E-state index in [2.05, 4.69) is 12.1 Å². The van der Waals surface area contributed by atoms with Crippen LogP contribution in [0.15, 0.2) is 72.8 Å². The second kappa shape index (κ2) is 13.0. The third-order valence-electron chi connectivity index (χ3n) is 8.90. The highest BCUT2D eigenvalue weighted by Gasteiger charge is 2.38. The molecule has 1 aromatic heterocycles. The summed E-state index contributed by atoms with van der Waals surface area (Å²) in [5.41, 5.74) is 2.59. The van der Waals surface area contributed by atoms with Gasteiger partial charge in [-0.15, -0.1) is 0 Å². The van der Waals surface area contributed by atoms with E-state index in [1.54, 1.807) is 47.4 Å². The molecule has 0 spiro atoms. The third-order valence-corrected chi connectivity index (χ3v) is 9.14. The Morgan fingerprint density at radius 2 is 1.60 bits per heavy atom. The summed E-state index contributed by atoms with van der Waals surface area (Å²) in [5, 5.41) is 20.7. The largest absolute Gasteiger partial charge is 0.489 e. The van der Waals surface area contributed by atoms with Crippen LogP contribution in [0.25, 0.3) is 10.9 Å². The molecule has 3 heterocycles. The molecule has 226 valence electrons. The van der Waals surface area contributed by atoms with Gasteiger partial charge in [0.2, 0.25) is 0 Å². The molecular formula is C36H32ClN5O3. The molecule has 0 saturated carbocycles. The van der Waals surface area contributed by atoms with Crippen LogP contribution in [0, 0.1) is 22.7 Å². The smallest absolute Gasteiger partial charge is 0.272 e. The van der Waals surface area contributed by atoms with E-state index >= 15 is 0 Å². The fourth-order valence-electron chi connectivity index (χ4n) is 6.26. The van der Waals surface area contributed by atoms with Gasteiger partial charge in [-0.2, -0.15) is 10.5 Å². The fraction of sp³-hybridized carbons (Fsp3) is 0.306. The summed E-state index contributed by atoms with van der Waals surface area (Å²) in [5.74, 6) is 0.125.